The number of nitrogens with one attached hydrogen (secondary N) is 1. The molecule has 108 valence electrons. The van der Waals surface area contributed by atoms with Crippen molar-refractivity contribution in [1.82, 2.24) is 4.98 Å². The molecule has 1 amide bonds. The quantitative estimate of drug-likeness (QED) is 0.780. The molecule has 0 saturated heterocycles. The van der Waals surface area contributed by atoms with Crippen LogP contribution in [0, 0.1) is 0 Å². The average molecular weight is 414 g/mol. The summed E-state index contributed by atoms with van der Waals surface area (Å²) in [6.07, 6.45) is 0. The van der Waals surface area contributed by atoms with Crippen LogP contribution in [0.2, 0.25) is 0 Å². The van der Waals surface area contributed by atoms with Crippen LogP contribution in [0.1, 0.15) is 21.0 Å². The summed E-state index contributed by atoms with van der Waals surface area (Å²) in [5.41, 5.74) is 0.808. The van der Waals surface area contributed by atoms with Gasteiger partial charge in [0.15, 0.2) is 0 Å². The van der Waals surface area contributed by atoms with Crippen LogP contribution >= 0.6 is 31.9 Å². The molecule has 2 aromatic rings. The molecular weight excluding hydrogens is 404 g/mol. The molecule has 1 heterocycles. The van der Waals surface area contributed by atoms with Crippen LogP contribution in [0.3, 0.4) is 0 Å². The van der Waals surface area contributed by atoms with Crippen LogP contribution in [0.5, 0.6) is 0 Å². The number of nitrogens with zero attached hydrogens (tertiary/aromatic N) is 1. The van der Waals surface area contributed by atoms with E-state index in [1.165, 1.54) is 19.2 Å². The fourth-order valence-electron chi connectivity index (χ4n) is 1.56. The van der Waals surface area contributed by atoms with E-state index in [4.69, 9.17) is 0 Å². The van der Waals surface area contributed by atoms with Crippen molar-refractivity contribution in [2.45, 2.75) is 0 Å². The van der Waals surface area contributed by atoms with Gasteiger partial charge in [-0.1, -0.05) is 22.0 Å². The second-order valence-electron chi connectivity index (χ2n) is 3.98. The van der Waals surface area contributed by atoms with Crippen molar-refractivity contribution in [3.05, 3.63) is 56.7 Å². The van der Waals surface area contributed by atoms with E-state index in [0.29, 0.717) is 5.69 Å². The minimum Gasteiger partial charge on any atom is -0.464 e. The molecule has 0 fully saturated rings. The first kappa shape index (κ1) is 15.7. The first-order valence-electron chi connectivity index (χ1n) is 5.83. The number of rotatable bonds is 3. The number of anilines is 1. The third-order valence-corrected chi connectivity index (χ3v) is 3.74. The van der Waals surface area contributed by atoms with Gasteiger partial charge < -0.3 is 10.1 Å². The molecule has 7 heteroatoms. The zero-order valence-electron chi connectivity index (χ0n) is 10.9. The second kappa shape index (κ2) is 6.82. The van der Waals surface area contributed by atoms with Gasteiger partial charge in [-0.2, -0.15) is 0 Å². The molecule has 0 radical (unpaired) electrons. The maximum atomic E-state index is 12.2. The predicted octanol–water partition coefficient (Wildman–Crippen LogP) is 3.65. The lowest BCUT2D eigenvalue weighted by atomic mass is 10.2. The first-order valence-corrected chi connectivity index (χ1v) is 7.41. The number of carbonyl (C=O) groups is 2. The van der Waals surface area contributed by atoms with Gasteiger partial charge in [-0.25, -0.2) is 9.78 Å². The Labute approximate surface area is 138 Å². The summed E-state index contributed by atoms with van der Waals surface area (Å²) < 4.78 is 6.15. The summed E-state index contributed by atoms with van der Waals surface area (Å²) in [6, 6.07) is 9.98. The normalized spacial score (nSPS) is 10.0. The summed E-state index contributed by atoms with van der Waals surface area (Å²) in [5, 5.41) is 2.72. The third kappa shape index (κ3) is 3.89. The van der Waals surface area contributed by atoms with Crippen LogP contribution in [-0.2, 0) is 4.74 Å². The van der Waals surface area contributed by atoms with E-state index >= 15 is 0 Å². The van der Waals surface area contributed by atoms with Crippen LogP contribution in [-0.4, -0.2) is 24.0 Å². The number of carbonyl (C=O) groups excluding carboxylic acids is 2. The summed E-state index contributed by atoms with van der Waals surface area (Å²) in [5.74, 6) is -1.01. The van der Waals surface area contributed by atoms with Gasteiger partial charge in [0.05, 0.1) is 12.8 Å². The van der Waals surface area contributed by atoms with Gasteiger partial charge in [0.1, 0.15) is 11.4 Å². The molecule has 1 N–H and O–H groups in total. The second-order valence-corrected chi connectivity index (χ2v) is 5.75. The van der Waals surface area contributed by atoms with Crippen LogP contribution in [0.15, 0.2) is 45.3 Å². The Hall–Kier alpha value is -1.73. The highest BCUT2D eigenvalue weighted by molar-refractivity contribution is 9.11. The maximum Gasteiger partial charge on any atom is 0.356 e. The van der Waals surface area contributed by atoms with Gasteiger partial charge in [0, 0.05) is 8.95 Å². The number of aromatic nitrogens is 1. The van der Waals surface area contributed by atoms with E-state index < -0.39 is 11.9 Å². The van der Waals surface area contributed by atoms with Gasteiger partial charge in [0.2, 0.25) is 0 Å². The standard InChI is InChI=1S/C14H10Br2N2O3/c1-21-14(20)11-4-2-3-10(17-11)13(19)18-12-7-8(15)5-6-9(12)16/h2-7H,1H3,(H,18,19). The third-order valence-electron chi connectivity index (χ3n) is 2.55. The highest BCUT2D eigenvalue weighted by atomic mass is 79.9. The van der Waals surface area contributed by atoms with Crippen molar-refractivity contribution in [2.75, 3.05) is 12.4 Å². The fourth-order valence-corrected chi connectivity index (χ4v) is 2.27. The lowest BCUT2D eigenvalue weighted by molar-refractivity contribution is 0.0594. The SMILES string of the molecule is COC(=O)c1cccc(C(=O)Nc2cc(Br)ccc2Br)n1. The van der Waals surface area contributed by atoms with E-state index in [2.05, 4.69) is 46.9 Å². The van der Waals surface area contributed by atoms with Gasteiger partial charge in [-0.3, -0.25) is 4.79 Å². The molecule has 0 aliphatic carbocycles. The van der Waals surface area contributed by atoms with Crippen molar-refractivity contribution < 1.29 is 14.3 Å². The fraction of sp³-hybridized carbons (Fsp3) is 0.0714. The Morgan fingerprint density at radius 3 is 2.57 bits per heavy atom. The Morgan fingerprint density at radius 1 is 1.14 bits per heavy atom. The molecule has 0 spiro atoms. The highest BCUT2D eigenvalue weighted by Gasteiger charge is 2.13. The number of esters is 1. The Kier molecular flexibility index (Phi) is 5.08. The largest absolute Gasteiger partial charge is 0.464 e. The Bertz CT molecular complexity index is 704. The van der Waals surface area contributed by atoms with E-state index in [1.807, 2.05) is 6.07 Å². The molecule has 0 atom stereocenters. The van der Waals surface area contributed by atoms with E-state index in [9.17, 15) is 9.59 Å². The molecule has 1 aromatic heterocycles. The van der Waals surface area contributed by atoms with Gasteiger partial charge in [-0.15, -0.1) is 0 Å². The summed E-state index contributed by atoms with van der Waals surface area (Å²) in [6.45, 7) is 0. The van der Waals surface area contributed by atoms with Crippen LogP contribution < -0.4 is 5.32 Å². The number of pyridine rings is 1. The molecule has 5 nitrogen and oxygen atoms in total. The molecule has 1 aromatic carbocycles. The van der Waals surface area contributed by atoms with Crippen LogP contribution in [0.4, 0.5) is 5.69 Å². The number of halogens is 2. The predicted molar refractivity (Wildman–Crippen MR) is 85.4 cm³/mol. The highest BCUT2D eigenvalue weighted by Crippen LogP contribution is 2.26. The summed E-state index contributed by atoms with van der Waals surface area (Å²) in [4.78, 5) is 27.6. The van der Waals surface area contributed by atoms with Crippen molar-refractivity contribution >= 4 is 49.4 Å². The van der Waals surface area contributed by atoms with E-state index in [-0.39, 0.29) is 11.4 Å². The number of hydrogen-bond donors (Lipinski definition) is 1. The van der Waals surface area contributed by atoms with Gasteiger partial charge in [-0.05, 0) is 46.3 Å². The number of hydrogen-bond acceptors (Lipinski definition) is 4. The monoisotopic (exact) mass is 412 g/mol. The maximum absolute atomic E-state index is 12.2. The Balaban J connectivity index is 2.24. The number of ether oxygens (including phenoxy) is 1. The molecule has 0 aliphatic rings. The lowest BCUT2D eigenvalue weighted by Gasteiger charge is -2.08. The molecule has 0 saturated carbocycles. The summed E-state index contributed by atoms with van der Waals surface area (Å²) >= 11 is 6.68. The van der Waals surface area contributed by atoms with Gasteiger partial charge >= 0.3 is 5.97 Å². The number of benzene rings is 1. The summed E-state index contributed by atoms with van der Waals surface area (Å²) in [7, 11) is 1.26. The number of methoxy groups -OCH3 is 1. The minimum atomic E-state index is -0.590. The first-order chi connectivity index (χ1) is 10.0. The average Bonchev–Trinajstić information content (AvgIpc) is 2.50. The topological polar surface area (TPSA) is 68.3 Å². The molecule has 0 bridgehead atoms. The smallest absolute Gasteiger partial charge is 0.356 e. The van der Waals surface area contributed by atoms with Crippen molar-refractivity contribution in [3.63, 3.8) is 0 Å². The van der Waals surface area contributed by atoms with Crippen molar-refractivity contribution in [2.24, 2.45) is 0 Å². The molecule has 0 unspecified atom stereocenters. The molecule has 0 aliphatic heterocycles. The van der Waals surface area contributed by atoms with Crippen LogP contribution in [0.25, 0.3) is 0 Å². The van der Waals surface area contributed by atoms with E-state index in [0.717, 1.165) is 8.95 Å². The minimum absolute atomic E-state index is 0.0819. The van der Waals surface area contributed by atoms with Gasteiger partial charge in [0.25, 0.3) is 5.91 Å². The van der Waals surface area contributed by atoms with Crippen molar-refractivity contribution in [1.29, 1.82) is 0 Å². The Morgan fingerprint density at radius 2 is 1.86 bits per heavy atom. The molecular formula is C14H10Br2N2O3. The zero-order valence-corrected chi connectivity index (χ0v) is 14.1. The number of amides is 1. The molecule has 2 rings (SSSR count). The molecule has 21 heavy (non-hydrogen) atoms. The van der Waals surface area contributed by atoms with E-state index in [1.54, 1.807) is 18.2 Å². The van der Waals surface area contributed by atoms with Crippen molar-refractivity contribution in [3.8, 4) is 0 Å². The lowest BCUT2D eigenvalue weighted by Crippen LogP contribution is -2.16. The zero-order chi connectivity index (χ0) is 15.4.